The molecule has 1 atom stereocenters. The van der Waals surface area contributed by atoms with Crippen LogP contribution in [0.2, 0.25) is 0 Å². The number of carbonyl (C=O) groups excluding carboxylic acids is 3. The number of benzene rings is 2. The molecule has 3 rings (SSSR count). The molecule has 0 bridgehead atoms. The molecule has 0 unspecified atom stereocenters. The Morgan fingerprint density at radius 2 is 1.70 bits per heavy atom. The van der Waals surface area contributed by atoms with E-state index in [4.69, 9.17) is 9.47 Å². The summed E-state index contributed by atoms with van der Waals surface area (Å²) in [6.45, 7) is 0. The number of hydrogen-bond acceptors (Lipinski definition) is 6. The molecule has 1 saturated heterocycles. The van der Waals surface area contributed by atoms with Crippen molar-refractivity contribution in [2.45, 2.75) is 0 Å². The maximum absolute atomic E-state index is 12.8. The van der Waals surface area contributed by atoms with Crippen LogP contribution in [0.5, 0.6) is 11.5 Å². The average Bonchev–Trinajstić information content (AvgIpc) is 2.68. The van der Waals surface area contributed by atoms with Crippen LogP contribution in [0.3, 0.4) is 0 Å². The Morgan fingerprint density at radius 1 is 1.00 bits per heavy atom. The molecule has 0 aliphatic carbocycles. The summed E-state index contributed by atoms with van der Waals surface area (Å²) in [6, 6.07) is 12.5. The number of ether oxygens (including phenoxy) is 2. The molecule has 0 radical (unpaired) electrons. The lowest BCUT2D eigenvalue weighted by Crippen LogP contribution is -2.58. The third kappa shape index (κ3) is 3.64. The molecule has 1 aliphatic rings. The van der Waals surface area contributed by atoms with E-state index in [9.17, 15) is 14.4 Å². The van der Waals surface area contributed by atoms with Crippen molar-refractivity contribution in [2.24, 2.45) is 10.9 Å². The topological polar surface area (TPSA) is 97.3 Å². The van der Waals surface area contributed by atoms with Gasteiger partial charge < -0.3 is 9.47 Å². The summed E-state index contributed by atoms with van der Waals surface area (Å²) in [7, 11) is 2.98. The van der Waals surface area contributed by atoms with Crippen molar-refractivity contribution in [2.75, 3.05) is 19.1 Å². The fourth-order valence-electron chi connectivity index (χ4n) is 2.59. The number of methoxy groups -OCH3 is 2. The zero-order valence-corrected chi connectivity index (χ0v) is 14.7. The third-order valence-corrected chi connectivity index (χ3v) is 3.97. The standard InChI is InChI=1S/C19H17N3O5/c1-26-13-9-7-12(8-10-13)20-11-14-17(23)21-19(25)22(18(14)24)15-5-3-4-6-16(15)27-2/h3-11,14H,1-2H3,(H,21,23,25)/t14-/m1/s1. The van der Waals surface area contributed by atoms with Gasteiger partial charge in [-0.25, -0.2) is 9.69 Å². The van der Waals surface area contributed by atoms with Gasteiger partial charge in [-0.05, 0) is 36.4 Å². The first kappa shape index (κ1) is 18.1. The zero-order chi connectivity index (χ0) is 19.4. The van der Waals surface area contributed by atoms with Gasteiger partial charge in [0.25, 0.3) is 5.91 Å². The summed E-state index contributed by atoms with van der Waals surface area (Å²) >= 11 is 0. The molecular weight excluding hydrogens is 350 g/mol. The van der Waals surface area contributed by atoms with Crippen LogP contribution in [0, 0.1) is 5.92 Å². The summed E-state index contributed by atoms with van der Waals surface area (Å²) in [5, 5.41) is 2.17. The van der Waals surface area contributed by atoms with Crippen LogP contribution in [0.15, 0.2) is 53.5 Å². The normalized spacial score (nSPS) is 17.2. The lowest BCUT2D eigenvalue weighted by molar-refractivity contribution is -0.131. The van der Waals surface area contributed by atoms with Gasteiger partial charge in [-0.2, -0.15) is 0 Å². The molecule has 1 aliphatic heterocycles. The van der Waals surface area contributed by atoms with Gasteiger partial charge in [-0.3, -0.25) is 19.9 Å². The Hall–Kier alpha value is -3.68. The fourth-order valence-corrected chi connectivity index (χ4v) is 2.59. The van der Waals surface area contributed by atoms with E-state index in [0.29, 0.717) is 17.2 Å². The van der Waals surface area contributed by atoms with E-state index in [-0.39, 0.29) is 5.69 Å². The SMILES string of the molecule is COc1ccc(N=C[C@@H]2C(=O)NC(=O)N(c3ccccc3OC)C2=O)cc1. The molecule has 0 spiro atoms. The Labute approximate surface area is 155 Å². The Morgan fingerprint density at radius 3 is 2.37 bits per heavy atom. The van der Waals surface area contributed by atoms with Crippen molar-refractivity contribution < 1.29 is 23.9 Å². The predicted molar refractivity (Wildman–Crippen MR) is 98.7 cm³/mol. The molecule has 1 fully saturated rings. The second kappa shape index (κ2) is 7.69. The number of barbiturate groups is 1. The summed E-state index contributed by atoms with van der Waals surface area (Å²) in [4.78, 5) is 42.2. The number of amides is 4. The van der Waals surface area contributed by atoms with E-state index in [1.165, 1.54) is 13.3 Å². The minimum atomic E-state index is -1.24. The third-order valence-electron chi connectivity index (χ3n) is 3.97. The number of nitrogens with zero attached hydrogens (tertiary/aromatic N) is 2. The van der Waals surface area contributed by atoms with Crippen LogP contribution in [0.1, 0.15) is 0 Å². The molecule has 2 aromatic carbocycles. The highest BCUT2D eigenvalue weighted by Gasteiger charge is 2.41. The highest BCUT2D eigenvalue weighted by molar-refractivity contribution is 6.33. The van der Waals surface area contributed by atoms with Crippen LogP contribution in [0.4, 0.5) is 16.2 Å². The molecule has 8 nitrogen and oxygen atoms in total. The van der Waals surface area contributed by atoms with Crippen molar-refractivity contribution in [1.82, 2.24) is 5.32 Å². The molecular formula is C19H17N3O5. The largest absolute Gasteiger partial charge is 0.497 e. The maximum atomic E-state index is 12.8. The van der Waals surface area contributed by atoms with Gasteiger partial charge in [0.05, 0.1) is 25.6 Å². The molecule has 138 valence electrons. The number of rotatable bonds is 5. The molecule has 8 heteroatoms. The lowest BCUT2D eigenvalue weighted by Gasteiger charge is -2.29. The highest BCUT2D eigenvalue weighted by Crippen LogP contribution is 2.30. The van der Waals surface area contributed by atoms with E-state index >= 15 is 0 Å². The number of hydrogen-bond donors (Lipinski definition) is 1. The number of carbonyl (C=O) groups is 3. The summed E-state index contributed by atoms with van der Waals surface area (Å²) in [5.74, 6) is -1.68. The van der Waals surface area contributed by atoms with Crippen molar-refractivity contribution in [1.29, 1.82) is 0 Å². The minimum absolute atomic E-state index is 0.248. The van der Waals surface area contributed by atoms with Gasteiger partial charge in [-0.15, -0.1) is 0 Å². The van der Waals surface area contributed by atoms with Crippen LogP contribution in [-0.4, -0.2) is 38.3 Å². The number of para-hydroxylation sites is 2. The van der Waals surface area contributed by atoms with Gasteiger partial charge in [0, 0.05) is 6.21 Å². The molecule has 2 aromatic rings. The van der Waals surface area contributed by atoms with Gasteiger partial charge >= 0.3 is 6.03 Å². The van der Waals surface area contributed by atoms with Crippen molar-refractivity contribution in [3.8, 4) is 11.5 Å². The van der Waals surface area contributed by atoms with Crippen molar-refractivity contribution >= 4 is 35.4 Å². The van der Waals surface area contributed by atoms with Crippen LogP contribution < -0.4 is 19.7 Å². The van der Waals surface area contributed by atoms with Crippen LogP contribution in [-0.2, 0) is 9.59 Å². The predicted octanol–water partition coefficient (Wildman–Crippen LogP) is 2.31. The van der Waals surface area contributed by atoms with Gasteiger partial charge in [0.2, 0.25) is 5.91 Å². The maximum Gasteiger partial charge on any atom is 0.335 e. The summed E-state index contributed by atoms with van der Waals surface area (Å²) in [5.41, 5.74) is 0.787. The van der Waals surface area contributed by atoms with E-state index < -0.39 is 23.8 Å². The summed E-state index contributed by atoms with van der Waals surface area (Å²) in [6.07, 6.45) is 1.22. The number of aliphatic imine (C=N–C) groups is 1. The minimum Gasteiger partial charge on any atom is -0.497 e. The number of nitrogens with one attached hydrogen (secondary N) is 1. The van der Waals surface area contributed by atoms with Gasteiger partial charge in [0.15, 0.2) is 5.92 Å². The van der Waals surface area contributed by atoms with Crippen molar-refractivity contribution in [3.05, 3.63) is 48.5 Å². The van der Waals surface area contributed by atoms with Gasteiger partial charge in [0.1, 0.15) is 11.5 Å². The molecule has 27 heavy (non-hydrogen) atoms. The number of urea groups is 1. The van der Waals surface area contributed by atoms with E-state index in [0.717, 1.165) is 4.90 Å². The van der Waals surface area contributed by atoms with Crippen molar-refractivity contribution in [3.63, 3.8) is 0 Å². The Bertz CT molecular complexity index is 908. The second-order valence-electron chi connectivity index (χ2n) is 5.59. The number of imide groups is 2. The Kier molecular flexibility index (Phi) is 5.16. The lowest BCUT2D eigenvalue weighted by atomic mass is 10.1. The first-order valence-electron chi connectivity index (χ1n) is 8.05. The first-order chi connectivity index (χ1) is 13.0. The molecule has 1 N–H and O–H groups in total. The Balaban J connectivity index is 1.89. The molecule has 0 saturated carbocycles. The molecule has 1 heterocycles. The monoisotopic (exact) mass is 367 g/mol. The number of anilines is 1. The second-order valence-corrected chi connectivity index (χ2v) is 5.59. The fraction of sp³-hybridized carbons (Fsp3) is 0.158. The average molecular weight is 367 g/mol. The van der Waals surface area contributed by atoms with Crippen LogP contribution >= 0.6 is 0 Å². The molecule has 0 aromatic heterocycles. The molecule has 4 amide bonds. The van der Waals surface area contributed by atoms with Crippen LogP contribution in [0.25, 0.3) is 0 Å². The quantitative estimate of drug-likeness (QED) is 0.646. The van der Waals surface area contributed by atoms with E-state index in [1.807, 2.05) is 0 Å². The summed E-state index contributed by atoms with van der Waals surface area (Å²) < 4.78 is 10.3. The van der Waals surface area contributed by atoms with Gasteiger partial charge in [-0.1, -0.05) is 12.1 Å². The van der Waals surface area contributed by atoms with E-state index in [2.05, 4.69) is 10.3 Å². The zero-order valence-electron chi connectivity index (χ0n) is 14.7. The highest BCUT2D eigenvalue weighted by atomic mass is 16.5. The van der Waals surface area contributed by atoms with E-state index in [1.54, 1.807) is 55.6 Å². The first-order valence-corrected chi connectivity index (χ1v) is 8.05. The smallest absolute Gasteiger partial charge is 0.335 e.